The smallest absolute Gasteiger partial charge is 0.163 e. The molecule has 4 nitrogen and oxygen atoms in total. The Labute approximate surface area is 116 Å². The fraction of sp³-hybridized carbons (Fsp3) is 0.250. The number of allylic oxidation sites excluding steroid dienone is 1. The van der Waals surface area contributed by atoms with Gasteiger partial charge in [0.15, 0.2) is 5.78 Å². The van der Waals surface area contributed by atoms with Gasteiger partial charge < -0.3 is 10.3 Å². The van der Waals surface area contributed by atoms with Gasteiger partial charge in [0, 0.05) is 36.0 Å². The first-order chi connectivity index (χ1) is 9.83. The minimum Gasteiger partial charge on any atom is -0.371 e. The Morgan fingerprint density at radius 3 is 3.05 bits per heavy atom. The number of aromatic amines is 1. The first-order valence-electron chi connectivity index (χ1n) is 6.91. The lowest BCUT2D eigenvalue weighted by Crippen LogP contribution is -2.36. The highest BCUT2D eigenvalue weighted by Gasteiger charge is 2.38. The van der Waals surface area contributed by atoms with Crippen LogP contribution in [0.1, 0.15) is 17.8 Å². The highest BCUT2D eigenvalue weighted by atomic mass is 16.1. The van der Waals surface area contributed by atoms with E-state index in [-0.39, 0.29) is 17.7 Å². The number of carbonyl (C=O) groups is 1. The van der Waals surface area contributed by atoms with Gasteiger partial charge in [-0.05, 0) is 18.1 Å². The number of hydrogen-bond acceptors (Lipinski definition) is 3. The Bertz CT molecular complexity index is 688. The van der Waals surface area contributed by atoms with Gasteiger partial charge in [-0.25, -0.2) is 4.98 Å². The zero-order valence-electron chi connectivity index (χ0n) is 11.0. The fourth-order valence-corrected chi connectivity index (χ4v) is 3.15. The third-order valence-electron chi connectivity index (χ3n) is 4.15. The normalized spacial score (nSPS) is 23.8. The molecule has 0 bridgehead atoms. The molecule has 2 unspecified atom stereocenters. The van der Waals surface area contributed by atoms with E-state index in [9.17, 15) is 4.79 Å². The van der Waals surface area contributed by atoms with E-state index in [1.165, 1.54) is 5.56 Å². The largest absolute Gasteiger partial charge is 0.371 e. The number of nitrogens with one attached hydrogen (secondary N) is 2. The van der Waals surface area contributed by atoms with Crippen LogP contribution in [0.4, 0.5) is 5.69 Å². The Balaban J connectivity index is 1.62. The first kappa shape index (κ1) is 11.5. The van der Waals surface area contributed by atoms with E-state index in [1.807, 2.05) is 18.2 Å². The van der Waals surface area contributed by atoms with E-state index in [2.05, 4.69) is 27.4 Å². The van der Waals surface area contributed by atoms with Crippen molar-refractivity contribution in [2.24, 2.45) is 5.92 Å². The number of benzene rings is 1. The van der Waals surface area contributed by atoms with Gasteiger partial charge in [-0.1, -0.05) is 24.3 Å². The molecule has 0 radical (unpaired) electrons. The predicted molar refractivity (Wildman–Crippen MR) is 77.2 cm³/mol. The molecule has 2 heterocycles. The van der Waals surface area contributed by atoms with Crippen LogP contribution < -0.4 is 5.32 Å². The summed E-state index contributed by atoms with van der Waals surface area (Å²) in [4.78, 5) is 20.0. The maximum atomic E-state index is 12.7. The number of anilines is 1. The van der Waals surface area contributed by atoms with Gasteiger partial charge in [-0.2, -0.15) is 0 Å². The van der Waals surface area contributed by atoms with Gasteiger partial charge in [0.1, 0.15) is 11.9 Å². The maximum Gasteiger partial charge on any atom is 0.163 e. The molecule has 100 valence electrons. The zero-order valence-corrected chi connectivity index (χ0v) is 11.0. The summed E-state index contributed by atoms with van der Waals surface area (Å²) >= 11 is 0. The van der Waals surface area contributed by atoms with Crippen molar-refractivity contribution < 1.29 is 4.79 Å². The Kier molecular flexibility index (Phi) is 2.49. The summed E-state index contributed by atoms with van der Waals surface area (Å²) in [5.41, 5.74) is 3.37. The quantitative estimate of drug-likeness (QED) is 0.876. The summed E-state index contributed by atoms with van der Waals surface area (Å²) in [6.07, 6.45) is 7.21. The SMILES string of the molecule is O=C1C(Cc2ncc[nH]2)CC=C2c3ccccc3NC12. The lowest BCUT2D eigenvalue weighted by atomic mass is 9.82. The van der Waals surface area contributed by atoms with Gasteiger partial charge in [0.05, 0.1) is 0 Å². The van der Waals surface area contributed by atoms with E-state index in [1.54, 1.807) is 12.4 Å². The van der Waals surface area contributed by atoms with Crippen LogP contribution in [-0.4, -0.2) is 21.8 Å². The molecule has 2 N–H and O–H groups in total. The van der Waals surface area contributed by atoms with Crippen LogP contribution in [0, 0.1) is 5.92 Å². The molecule has 1 aliphatic carbocycles. The van der Waals surface area contributed by atoms with Crippen LogP contribution in [0.5, 0.6) is 0 Å². The molecule has 2 aliphatic rings. The van der Waals surface area contributed by atoms with E-state index < -0.39 is 0 Å². The molecule has 20 heavy (non-hydrogen) atoms. The van der Waals surface area contributed by atoms with Gasteiger partial charge in [-0.3, -0.25) is 4.79 Å². The zero-order chi connectivity index (χ0) is 13.5. The molecule has 2 atom stereocenters. The number of nitrogens with zero attached hydrogens (tertiary/aromatic N) is 1. The summed E-state index contributed by atoms with van der Waals surface area (Å²) in [5.74, 6) is 1.17. The van der Waals surface area contributed by atoms with Crippen LogP contribution in [0.3, 0.4) is 0 Å². The molecule has 1 aromatic heterocycles. The van der Waals surface area contributed by atoms with Crippen molar-refractivity contribution in [1.29, 1.82) is 0 Å². The highest BCUT2D eigenvalue weighted by molar-refractivity contribution is 6.07. The number of ketones is 1. The third-order valence-corrected chi connectivity index (χ3v) is 4.15. The number of rotatable bonds is 2. The lowest BCUT2D eigenvalue weighted by molar-refractivity contribution is -0.122. The van der Waals surface area contributed by atoms with Crippen molar-refractivity contribution in [3.8, 4) is 0 Å². The minimum atomic E-state index is -0.180. The molecule has 2 aromatic rings. The summed E-state index contributed by atoms with van der Waals surface area (Å²) in [5, 5.41) is 3.35. The second-order valence-electron chi connectivity index (χ2n) is 5.36. The predicted octanol–water partition coefficient (Wildman–Crippen LogP) is 2.42. The Morgan fingerprint density at radius 2 is 2.20 bits per heavy atom. The van der Waals surface area contributed by atoms with Gasteiger partial charge >= 0.3 is 0 Å². The number of carbonyl (C=O) groups excluding carboxylic acids is 1. The standard InChI is InChI=1S/C16H15N3O/c20-16-10(9-14-17-7-8-18-14)5-6-12-11-3-1-2-4-13(11)19-15(12)16/h1-4,6-8,10,15,19H,5,9H2,(H,17,18). The summed E-state index contributed by atoms with van der Waals surface area (Å²) in [6.45, 7) is 0. The van der Waals surface area contributed by atoms with Crippen molar-refractivity contribution in [3.05, 3.63) is 54.1 Å². The summed E-state index contributed by atoms with van der Waals surface area (Å²) < 4.78 is 0. The van der Waals surface area contributed by atoms with Crippen LogP contribution in [-0.2, 0) is 11.2 Å². The molecule has 0 spiro atoms. The van der Waals surface area contributed by atoms with E-state index >= 15 is 0 Å². The van der Waals surface area contributed by atoms with Crippen molar-refractivity contribution >= 4 is 17.0 Å². The van der Waals surface area contributed by atoms with Gasteiger partial charge in [0.25, 0.3) is 0 Å². The summed E-state index contributed by atoms with van der Waals surface area (Å²) in [7, 11) is 0. The lowest BCUT2D eigenvalue weighted by Gasteiger charge is -2.24. The second-order valence-corrected chi connectivity index (χ2v) is 5.36. The van der Waals surface area contributed by atoms with E-state index in [4.69, 9.17) is 0 Å². The molecule has 0 saturated heterocycles. The number of fused-ring (bicyclic) bond motifs is 3. The first-order valence-corrected chi connectivity index (χ1v) is 6.91. The molecule has 4 rings (SSSR count). The van der Waals surface area contributed by atoms with E-state index in [0.717, 1.165) is 23.5 Å². The van der Waals surface area contributed by atoms with Crippen molar-refractivity contribution in [1.82, 2.24) is 9.97 Å². The van der Waals surface area contributed by atoms with Crippen LogP contribution in [0.25, 0.3) is 5.57 Å². The number of aromatic nitrogens is 2. The number of H-pyrrole nitrogens is 1. The van der Waals surface area contributed by atoms with Crippen LogP contribution in [0.2, 0.25) is 0 Å². The fourth-order valence-electron chi connectivity index (χ4n) is 3.15. The topological polar surface area (TPSA) is 57.8 Å². The Hall–Kier alpha value is -2.36. The second kappa shape index (κ2) is 4.34. The van der Waals surface area contributed by atoms with Gasteiger partial charge in [-0.15, -0.1) is 0 Å². The van der Waals surface area contributed by atoms with Crippen LogP contribution in [0.15, 0.2) is 42.7 Å². The van der Waals surface area contributed by atoms with E-state index in [0.29, 0.717) is 6.42 Å². The molecule has 0 fully saturated rings. The number of imidazole rings is 1. The maximum absolute atomic E-state index is 12.7. The third kappa shape index (κ3) is 1.68. The molecule has 1 aromatic carbocycles. The molecule has 0 saturated carbocycles. The summed E-state index contributed by atoms with van der Waals surface area (Å²) in [6, 6.07) is 7.94. The van der Waals surface area contributed by atoms with Crippen molar-refractivity contribution in [3.63, 3.8) is 0 Å². The molecular weight excluding hydrogens is 250 g/mol. The average molecular weight is 265 g/mol. The average Bonchev–Trinajstić information content (AvgIpc) is 3.09. The monoisotopic (exact) mass is 265 g/mol. The Morgan fingerprint density at radius 1 is 1.30 bits per heavy atom. The number of Topliss-reactive ketones (excluding diaryl/α,β-unsaturated/α-hetero) is 1. The van der Waals surface area contributed by atoms with Crippen molar-refractivity contribution in [2.45, 2.75) is 18.9 Å². The molecular formula is C16H15N3O. The molecule has 1 aliphatic heterocycles. The highest BCUT2D eigenvalue weighted by Crippen LogP contribution is 2.40. The molecule has 4 heteroatoms. The van der Waals surface area contributed by atoms with Gasteiger partial charge in [0.2, 0.25) is 0 Å². The minimum absolute atomic E-state index is 0.0108. The van der Waals surface area contributed by atoms with Crippen LogP contribution >= 0.6 is 0 Å². The molecule has 0 amide bonds. The number of hydrogen-bond donors (Lipinski definition) is 2. The number of para-hydroxylation sites is 1. The van der Waals surface area contributed by atoms with Crippen molar-refractivity contribution in [2.75, 3.05) is 5.32 Å².